The molecule has 5 rings (SSSR count). The van der Waals surface area contributed by atoms with Crippen molar-refractivity contribution in [3.05, 3.63) is 100 Å². The molecule has 38 heavy (non-hydrogen) atoms. The van der Waals surface area contributed by atoms with E-state index in [0.717, 1.165) is 16.7 Å². The maximum absolute atomic E-state index is 13.6. The Morgan fingerprint density at radius 1 is 1.13 bits per heavy atom. The Bertz CT molecular complexity index is 1730. The molecule has 4 heterocycles. The van der Waals surface area contributed by atoms with Crippen LogP contribution in [-0.2, 0) is 11.3 Å². The van der Waals surface area contributed by atoms with Crippen LogP contribution in [0.25, 0.3) is 22.5 Å². The van der Waals surface area contributed by atoms with Gasteiger partial charge in [-0.15, -0.1) is 10.2 Å². The standard InChI is InChI=1S/C25H18F2N6O5/c26-17-6-5-13(9-18(17)27)12-33-8-2-4-15(25(33)37)22(36)30-19(10-20(34)35)24-32-31-23(38-24)16-11-29-21-14(16)3-1-7-28-21/h1-9,11,19H,10,12H2,(H,28,29)(H,30,36)(H,34,35). The summed E-state index contributed by atoms with van der Waals surface area (Å²) < 4.78 is 33.6. The Kier molecular flexibility index (Phi) is 6.47. The first-order chi connectivity index (χ1) is 18.3. The predicted molar refractivity (Wildman–Crippen MR) is 128 cm³/mol. The number of aromatic amines is 1. The molecule has 1 atom stereocenters. The minimum absolute atomic E-state index is 0.0810. The lowest BCUT2D eigenvalue weighted by atomic mass is 10.1. The number of nitrogens with one attached hydrogen (secondary N) is 2. The normalized spacial score (nSPS) is 11.9. The fraction of sp³-hybridized carbons (Fsp3) is 0.120. The van der Waals surface area contributed by atoms with Gasteiger partial charge >= 0.3 is 5.97 Å². The summed E-state index contributed by atoms with van der Waals surface area (Å²) in [6.45, 7) is -0.123. The van der Waals surface area contributed by atoms with Crippen LogP contribution in [0.1, 0.15) is 34.3 Å². The maximum Gasteiger partial charge on any atom is 0.305 e. The zero-order valence-electron chi connectivity index (χ0n) is 19.4. The Morgan fingerprint density at radius 2 is 1.97 bits per heavy atom. The van der Waals surface area contributed by atoms with Gasteiger partial charge in [0.15, 0.2) is 11.6 Å². The third-order valence-electron chi connectivity index (χ3n) is 5.71. The van der Waals surface area contributed by atoms with Gasteiger partial charge in [-0.2, -0.15) is 0 Å². The van der Waals surface area contributed by atoms with Crippen molar-refractivity contribution in [3.63, 3.8) is 0 Å². The molecular formula is C25H18F2N6O5. The molecule has 0 saturated heterocycles. The number of aromatic nitrogens is 5. The van der Waals surface area contributed by atoms with Crippen LogP contribution in [-0.4, -0.2) is 41.7 Å². The molecule has 0 radical (unpaired) electrons. The number of H-pyrrole nitrogens is 1. The number of carbonyl (C=O) groups excluding carboxylic acids is 1. The van der Waals surface area contributed by atoms with Crippen LogP contribution in [0.15, 0.2) is 70.3 Å². The lowest BCUT2D eigenvalue weighted by Gasteiger charge is -2.14. The van der Waals surface area contributed by atoms with Gasteiger partial charge in [-0.25, -0.2) is 13.8 Å². The number of fused-ring (bicyclic) bond motifs is 1. The number of halogens is 2. The Labute approximate surface area is 211 Å². The van der Waals surface area contributed by atoms with Gasteiger partial charge in [-0.05, 0) is 42.0 Å². The van der Waals surface area contributed by atoms with Crippen molar-refractivity contribution < 1.29 is 27.9 Å². The summed E-state index contributed by atoms with van der Waals surface area (Å²) in [5.74, 6) is -4.32. The van der Waals surface area contributed by atoms with Crippen LogP contribution >= 0.6 is 0 Å². The van der Waals surface area contributed by atoms with Crippen molar-refractivity contribution in [1.82, 2.24) is 30.0 Å². The first-order valence-electron chi connectivity index (χ1n) is 11.2. The number of nitrogens with zero attached hydrogens (tertiary/aromatic N) is 4. The van der Waals surface area contributed by atoms with Crippen LogP contribution in [0.2, 0.25) is 0 Å². The van der Waals surface area contributed by atoms with E-state index in [-0.39, 0.29) is 23.9 Å². The van der Waals surface area contributed by atoms with Gasteiger partial charge in [0.05, 0.1) is 18.5 Å². The molecule has 0 aliphatic rings. The number of benzene rings is 1. The van der Waals surface area contributed by atoms with E-state index < -0.39 is 41.5 Å². The summed E-state index contributed by atoms with van der Waals surface area (Å²) in [7, 11) is 0. The highest BCUT2D eigenvalue weighted by Gasteiger charge is 2.26. The van der Waals surface area contributed by atoms with E-state index in [9.17, 15) is 28.3 Å². The van der Waals surface area contributed by atoms with E-state index in [1.165, 1.54) is 24.4 Å². The molecule has 5 aromatic rings. The van der Waals surface area contributed by atoms with E-state index in [0.29, 0.717) is 22.2 Å². The third-order valence-corrected chi connectivity index (χ3v) is 5.71. The molecule has 192 valence electrons. The largest absolute Gasteiger partial charge is 0.481 e. The van der Waals surface area contributed by atoms with Crippen molar-refractivity contribution in [3.8, 4) is 11.5 Å². The summed E-state index contributed by atoms with van der Waals surface area (Å²) in [4.78, 5) is 44.6. The highest BCUT2D eigenvalue weighted by molar-refractivity contribution is 5.94. The van der Waals surface area contributed by atoms with E-state index in [4.69, 9.17) is 4.42 Å². The molecule has 0 fully saturated rings. The molecule has 11 nitrogen and oxygen atoms in total. The molecule has 0 bridgehead atoms. The Balaban J connectivity index is 1.40. The predicted octanol–water partition coefficient (Wildman–Crippen LogP) is 3.05. The summed E-state index contributed by atoms with van der Waals surface area (Å²) in [5.41, 5.74) is 0.407. The number of pyridine rings is 2. The average Bonchev–Trinajstić information content (AvgIpc) is 3.54. The quantitative estimate of drug-likeness (QED) is 0.282. The number of hydrogen-bond acceptors (Lipinski definition) is 7. The fourth-order valence-electron chi connectivity index (χ4n) is 3.90. The highest BCUT2D eigenvalue weighted by atomic mass is 19.2. The molecule has 3 N–H and O–H groups in total. The van der Waals surface area contributed by atoms with Crippen LogP contribution in [0.4, 0.5) is 8.78 Å². The molecule has 0 saturated carbocycles. The van der Waals surface area contributed by atoms with Gasteiger partial charge in [0, 0.05) is 24.0 Å². The van der Waals surface area contributed by atoms with Crippen molar-refractivity contribution in [2.24, 2.45) is 0 Å². The molecule has 0 spiro atoms. The Hall–Kier alpha value is -5.20. The number of carboxylic acid groups (broad SMARTS) is 1. The number of carbonyl (C=O) groups is 2. The lowest BCUT2D eigenvalue weighted by molar-refractivity contribution is -0.137. The lowest BCUT2D eigenvalue weighted by Crippen LogP contribution is -2.36. The maximum atomic E-state index is 13.6. The molecule has 13 heteroatoms. The fourth-order valence-corrected chi connectivity index (χ4v) is 3.90. The van der Waals surface area contributed by atoms with Crippen molar-refractivity contribution >= 4 is 22.9 Å². The van der Waals surface area contributed by atoms with Crippen molar-refractivity contribution in [2.75, 3.05) is 0 Å². The summed E-state index contributed by atoms with van der Waals surface area (Å²) >= 11 is 0. The SMILES string of the molecule is O=C(O)CC(NC(=O)c1cccn(Cc2ccc(F)c(F)c2)c1=O)c1nnc(-c2c[nH]c3ncccc23)o1. The summed E-state index contributed by atoms with van der Waals surface area (Å²) in [6.07, 6.45) is 4.00. The monoisotopic (exact) mass is 520 g/mol. The zero-order chi connectivity index (χ0) is 26.8. The van der Waals surface area contributed by atoms with Crippen LogP contribution in [0.3, 0.4) is 0 Å². The topological polar surface area (TPSA) is 156 Å². The van der Waals surface area contributed by atoms with E-state index >= 15 is 0 Å². The van der Waals surface area contributed by atoms with Crippen molar-refractivity contribution in [1.29, 1.82) is 0 Å². The van der Waals surface area contributed by atoms with Gasteiger partial charge in [0.1, 0.15) is 17.3 Å². The number of aliphatic carboxylic acids is 1. The second kappa shape index (κ2) is 10.0. The van der Waals surface area contributed by atoms with Crippen LogP contribution in [0.5, 0.6) is 0 Å². The van der Waals surface area contributed by atoms with Gasteiger partial charge < -0.3 is 24.4 Å². The minimum Gasteiger partial charge on any atom is -0.481 e. The van der Waals surface area contributed by atoms with Crippen molar-refractivity contribution in [2.45, 2.75) is 19.0 Å². The third kappa shape index (κ3) is 4.89. The van der Waals surface area contributed by atoms with E-state index in [1.807, 2.05) is 0 Å². The van der Waals surface area contributed by atoms with Crippen LogP contribution in [0, 0.1) is 11.6 Å². The van der Waals surface area contributed by atoms with Gasteiger partial charge in [0.25, 0.3) is 11.5 Å². The molecule has 1 aromatic carbocycles. The summed E-state index contributed by atoms with van der Waals surface area (Å²) in [5, 5.41) is 20.4. The zero-order valence-corrected chi connectivity index (χ0v) is 19.4. The second-order valence-corrected chi connectivity index (χ2v) is 8.27. The molecule has 1 amide bonds. The number of amides is 1. The molecule has 0 aliphatic carbocycles. The first kappa shape index (κ1) is 24.5. The minimum atomic E-state index is -1.25. The molecule has 0 aliphatic heterocycles. The second-order valence-electron chi connectivity index (χ2n) is 8.27. The van der Waals surface area contributed by atoms with Gasteiger partial charge in [-0.3, -0.25) is 14.4 Å². The van der Waals surface area contributed by atoms with Crippen LogP contribution < -0.4 is 10.9 Å². The smallest absolute Gasteiger partial charge is 0.305 e. The molecular weight excluding hydrogens is 502 g/mol. The van der Waals surface area contributed by atoms with Gasteiger partial charge in [0.2, 0.25) is 11.8 Å². The number of carboxylic acids is 1. The Morgan fingerprint density at radius 3 is 2.76 bits per heavy atom. The summed E-state index contributed by atoms with van der Waals surface area (Å²) in [6, 6.07) is 8.16. The average molecular weight is 520 g/mol. The number of rotatable bonds is 8. The molecule has 1 unspecified atom stereocenters. The number of hydrogen-bond donors (Lipinski definition) is 3. The highest BCUT2D eigenvalue weighted by Crippen LogP contribution is 2.28. The van der Waals surface area contributed by atoms with E-state index in [2.05, 4.69) is 25.5 Å². The van der Waals surface area contributed by atoms with Gasteiger partial charge in [-0.1, -0.05) is 6.07 Å². The van der Waals surface area contributed by atoms with E-state index in [1.54, 1.807) is 24.5 Å². The molecule has 4 aromatic heterocycles. The first-order valence-corrected chi connectivity index (χ1v) is 11.2.